The van der Waals surface area contributed by atoms with Crippen molar-refractivity contribution in [2.45, 2.75) is 19.4 Å². The van der Waals surface area contributed by atoms with E-state index < -0.39 is 6.10 Å². The van der Waals surface area contributed by atoms with E-state index in [1.165, 1.54) is 6.26 Å². The number of aliphatic hydroxyl groups excluding tert-OH is 1. The van der Waals surface area contributed by atoms with Crippen molar-refractivity contribution >= 4 is 21.8 Å². The van der Waals surface area contributed by atoms with Gasteiger partial charge in [0.05, 0.1) is 17.9 Å². The van der Waals surface area contributed by atoms with E-state index in [0.29, 0.717) is 16.7 Å². The minimum atomic E-state index is -0.496. The Morgan fingerprint density at radius 2 is 2.50 bits per heavy atom. The Labute approximate surface area is 90.4 Å². The summed E-state index contributed by atoms with van der Waals surface area (Å²) in [4.78, 5) is 11.4. The molecule has 5 heteroatoms. The fraction of sp³-hybridized carbons (Fsp3) is 0.444. The zero-order valence-corrected chi connectivity index (χ0v) is 9.37. The number of nitrogens with one attached hydrogen (secondary N) is 1. The third-order valence-electron chi connectivity index (χ3n) is 1.83. The van der Waals surface area contributed by atoms with Gasteiger partial charge in [-0.15, -0.1) is 0 Å². The first-order valence-electron chi connectivity index (χ1n) is 4.34. The van der Waals surface area contributed by atoms with Crippen molar-refractivity contribution in [1.82, 2.24) is 5.32 Å². The Bertz CT molecular complexity index is 311. The molecule has 0 aliphatic rings. The van der Waals surface area contributed by atoms with Crippen LogP contribution in [-0.2, 0) is 0 Å². The van der Waals surface area contributed by atoms with E-state index in [0.717, 1.165) is 0 Å². The number of carbonyl (C=O) groups excluding carboxylic acids is 1. The number of aliphatic hydroxyl groups is 1. The number of halogens is 1. The van der Waals surface area contributed by atoms with E-state index in [1.54, 1.807) is 6.07 Å². The van der Waals surface area contributed by atoms with Crippen molar-refractivity contribution < 1.29 is 14.3 Å². The maximum atomic E-state index is 11.4. The normalized spacial score (nSPS) is 12.5. The molecule has 0 radical (unpaired) electrons. The highest BCUT2D eigenvalue weighted by atomic mass is 79.9. The summed E-state index contributed by atoms with van der Waals surface area (Å²) in [7, 11) is 0. The molecule has 4 nitrogen and oxygen atoms in total. The van der Waals surface area contributed by atoms with Gasteiger partial charge in [0.25, 0.3) is 5.91 Å². The average molecular weight is 262 g/mol. The Balaban J connectivity index is 2.47. The number of hydrogen-bond acceptors (Lipinski definition) is 3. The molecule has 1 aromatic rings. The quantitative estimate of drug-likeness (QED) is 0.865. The van der Waals surface area contributed by atoms with Crippen LogP contribution < -0.4 is 5.32 Å². The molecule has 0 saturated heterocycles. The van der Waals surface area contributed by atoms with E-state index in [-0.39, 0.29) is 12.5 Å². The summed E-state index contributed by atoms with van der Waals surface area (Å²) in [6.07, 6.45) is 1.55. The van der Waals surface area contributed by atoms with Gasteiger partial charge in [0, 0.05) is 6.54 Å². The van der Waals surface area contributed by atoms with Gasteiger partial charge in [-0.05, 0) is 28.4 Å². The van der Waals surface area contributed by atoms with Gasteiger partial charge in [-0.3, -0.25) is 4.79 Å². The maximum absolute atomic E-state index is 11.4. The standard InChI is InChI=1S/C9H12BrNO3/c1-2-6(12)5-11-9(13)7-3-4-14-8(7)10/h3-4,6,12H,2,5H2,1H3,(H,11,13). The van der Waals surface area contributed by atoms with Crippen LogP contribution in [0.2, 0.25) is 0 Å². The Morgan fingerprint density at radius 3 is 3.00 bits per heavy atom. The fourth-order valence-corrected chi connectivity index (χ4v) is 1.33. The lowest BCUT2D eigenvalue weighted by molar-refractivity contribution is 0.0912. The predicted molar refractivity (Wildman–Crippen MR) is 55.0 cm³/mol. The Hall–Kier alpha value is -0.810. The third kappa shape index (κ3) is 2.85. The van der Waals surface area contributed by atoms with Crippen LogP contribution in [0.3, 0.4) is 0 Å². The highest BCUT2D eigenvalue weighted by molar-refractivity contribution is 9.10. The molecule has 0 saturated carbocycles. The zero-order chi connectivity index (χ0) is 10.6. The lowest BCUT2D eigenvalue weighted by Gasteiger charge is -2.08. The largest absolute Gasteiger partial charge is 0.457 e. The van der Waals surface area contributed by atoms with E-state index in [2.05, 4.69) is 21.2 Å². The number of carbonyl (C=O) groups is 1. The van der Waals surface area contributed by atoms with Gasteiger partial charge in [0.1, 0.15) is 0 Å². The van der Waals surface area contributed by atoms with Crippen molar-refractivity contribution in [3.63, 3.8) is 0 Å². The summed E-state index contributed by atoms with van der Waals surface area (Å²) in [6.45, 7) is 2.11. The number of hydrogen-bond donors (Lipinski definition) is 2. The monoisotopic (exact) mass is 261 g/mol. The van der Waals surface area contributed by atoms with Crippen LogP contribution in [0, 0.1) is 0 Å². The molecule has 0 aliphatic heterocycles. The average Bonchev–Trinajstić information content (AvgIpc) is 2.60. The fourth-order valence-electron chi connectivity index (χ4n) is 0.906. The molecular formula is C9H12BrNO3. The smallest absolute Gasteiger partial charge is 0.255 e. The Kier molecular flexibility index (Phi) is 4.16. The SMILES string of the molecule is CCC(O)CNC(=O)c1ccoc1Br. The molecule has 2 N–H and O–H groups in total. The number of rotatable bonds is 4. The molecule has 1 heterocycles. The first kappa shape index (κ1) is 11.3. The van der Waals surface area contributed by atoms with Crippen molar-refractivity contribution in [2.24, 2.45) is 0 Å². The zero-order valence-electron chi connectivity index (χ0n) is 7.79. The predicted octanol–water partition coefficient (Wildman–Crippen LogP) is 1.54. The second-order valence-electron chi connectivity index (χ2n) is 2.88. The molecule has 0 fully saturated rings. The van der Waals surface area contributed by atoms with Gasteiger partial charge < -0.3 is 14.8 Å². The first-order valence-corrected chi connectivity index (χ1v) is 5.13. The summed E-state index contributed by atoms with van der Waals surface area (Å²) in [5.74, 6) is -0.252. The van der Waals surface area contributed by atoms with Gasteiger partial charge in [-0.25, -0.2) is 0 Å². The van der Waals surface area contributed by atoms with Crippen LogP contribution in [-0.4, -0.2) is 23.7 Å². The molecule has 1 atom stereocenters. The van der Waals surface area contributed by atoms with Crippen LogP contribution in [0.25, 0.3) is 0 Å². The lowest BCUT2D eigenvalue weighted by atomic mass is 10.2. The molecule has 78 valence electrons. The first-order chi connectivity index (χ1) is 6.65. The number of furan rings is 1. The van der Waals surface area contributed by atoms with Crippen molar-refractivity contribution in [1.29, 1.82) is 0 Å². The summed E-state index contributed by atoms with van der Waals surface area (Å²) in [5, 5.41) is 11.8. The van der Waals surface area contributed by atoms with Crippen LogP contribution in [0.15, 0.2) is 21.4 Å². The highest BCUT2D eigenvalue weighted by Crippen LogP contribution is 2.16. The molecule has 14 heavy (non-hydrogen) atoms. The molecule has 0 aliphatic carbocycles. The minimum absolute atomic E-state index is 0.252. The van der Waals surface area contributed by atoms with Gasteiger partial charge in [0.2, 0.25) is 0 Å². The summed E-state index contributed by atoms with van der Waals surface area (Å²) in [5.41, 5.74) is 0.438. The van der Waals surface area contributed by atoms with Gasteiger partial charge in [0.15, 0.2) is 4.67 Å². The van der Waals surface area contributed by atoms with Gasteiger partial charge >= 0.3 is 0 Å². The van der Waals surface area contributed by atoms with E-state index in [9.17, 15) is 9.90 Å². The van der Waals surface area contributed by atoms with Gasteiger partial charge in [-0.2, -0.15) is 0 Å². The van der Waals surface area contributed by atoms with Gasteiger partial charge in [-0.1, -0.05) is 6.92 Å². The molecule has 1 amide bonds. The summed E-state index contributed by atoms with van der Waals surface area (Å²) < 4.78 is 5.32. The summed E-state index contributed by atoms with van der Waals surface area (Å²) in [6, 6.07) is 1.57. The van der Waals surface area contributed by atoms with Crippen molar-refractivity contribution in [3.8, 4) is 0 Å². The Morgan fingerprint density at radius 1 is 1.79 bits per heavy atom. The van der Waals surface area contributed by atoms with Crippen LogP contribution in [0.4, 0.5) is 0 Å². The van der Waals surface area contributed by atoms with E-state index in [4.69, 9.17) is 4.42 Å². The highest BCUT2D eigenvalue weighted by Gasteiger charge is 2.12. The van der Waals surface area contributed by atoms with Crippen LogP contribution >= 0.6 is 15.9 Å². The third-order valence-corrected chi connectivity index (χ3v) is 2.45. The molecule has 1 unspecified atom stereocenters. The molecule has 1 rings (SSSR count). The molecule has 0 bridgehead atoms. The van der Waals surface area contributed by atoms with Crippen LogP contribution in [0.1, 0.15) is 23.7 Å². The van der Waals surface area contributed by atoms with Crippen molar-refractivity contribution in [3.05, 3.63) is 22.6 Å². The molecule has 1 aromatic heterocycles. The lowest BCUT2D eigenvalue weighted by Crippen LogP contribution is -2.31. The number of amides is 1. The summed E-state index contributed by atoms with van der Waals surface area (Å²) >= 11 is 3.10. The molecule has 0 spiro atoms. The van der Waals surface area contributed by atoms with Crippen molar-refractivity contribution in [2.75, 3.05) is 6.54 Å². The second-order valence-corrected chi connectivity index (χ2v) is 3.60. The second kappa shape index (κ2) is 5.17. The topological polar surface area (TPSA) is 62.5 Å². The molecular weight excluding hydrogens is 250 g/mol. The minimum Gasteiger partial charge on any atom is -0.457 e. The maximum Gasteiger partial charge on any atom is 0.255 e. The van der Waals surface area contributed by atoms with E-state index in [1.807, 2.05) is 6.92 Å². The van der Waals surface area contributed by atoms with Crippen LogP contribution in [0.5, 0.6) is 0 Å². The van der Waals surface area contributed by atoms with E-state index >= 15 is 0 Å². The molecule has 0 aromatic carbocycles.